The van der Waals surface area contributed by atoms with Gasteiger partial charge in [0, 0.05) is 6.42 Å². The van der Waals surface area contributed by atoms with Gasteiger partial charge in [-0.05, 0) is 24.4 Å². The van der Waals surface area contributed by atoms with E-state index < -0.39 is 0 Å². The molecule has 2 aromatic rings. The van der Waals surface area contributed by atoms with Gasteiger partial charge >= 0.3 is 0 Å². The van der Waals surface area contributed by atoms with Crippen LogP contribution in [-0.2, 0) is 11.3 Å². The van der Waals surface area contributed by atoms with Crippen molar-refractivity contribution in [2.45, 2.75) is 19.4 Å². The molecule has 0 aliphatic heterocycles. The van der Waals surface area contributed by atoms with Gasteiger partial charge in [-0.1, -0.05) is 6.07 Å². The third kappa shape index (κ3) is 4.66. The molecule has 3 N–H and O–H groups in total. The Kier molecular flexibility index (Phi) is 6.55. The predicted molar refractivity (Wildman–Crippen MR) is 77.2 cm³/mol. The number of amides is 1. The summed E-state index contributed by atoms with van der Waals surface area (Å²) in [4.78, 5) is 16.7. The number of hydrogen-bond donors (Lipinski definition) is 2. The highest BCUT2D eigenvalue weighted by atomic mass is 35.5. The Morgan fingerprint density at radius 3 is 3.05 bits per heavy atom. The van der Waals surface area contributed by atoms with Gasteiger partial charge in [0.05, 0.1) is 17.1 Å². The van der Waals surface area contributed by atoms with E-state index in [0.717, 1.165) is 10.6 Å². The molecule has 7 heteroatoms. The summed E-state index contributed by atoms with van der Waals surface area (Å²) in [6.07, 6.45) is 2.72. The van der Waals surface area contributed by atoms with Crippen LogP contribution in [0, 0.1) is 0 Å². The first-order chi connectivity index (χ1) is 8.79. The normalized spacial score (nSPS) is 9.95. The zero-order valence-corrected chi connectivity index (χ0v) is 11.9. The van der Waals surface area contributed by atoms with Crippen LogP contribution < -0.4 is 11.1 Å². The van der Waals surface area contributed by atoms with E-state index in [1.807, 2.05) is 17.5 Å². The number of carbonyl (C=O) groups excluding carboxylic acids is 1. The average molecular weight is 302 g/mol. The van der Waals surface area contributed by atoms with Crippen LogP contribution in [0.25, 0.3) is 10.8 Å². The second kappa shape index (κ2) is 7.93. The van der Waals surface area contributed by atoms with Crippen molar-refractivity contribution < 1.29 is 9.21 Å². The number of hydrogen-bond acceptors (Lipinski definition) is 5. The number of oxazole rings is 1. The van der Waals surface area contributed by atoms with E-state index >= 15 is 0 Å². The maximum absolute atomic E-state index is 11.4. The Labute approximate surface area is 121 Å². The summed E-state index contributed by atoms with van der Waals surface area (Å²) in [5.41, 5.74) is 6.06. The number of rotatable bonds is 6. The molecule has 104 valence electrons. The van der Waals surface area contributed by atoms with Gasteiger partial charge in [0.1, 0.15) is 6.26 Å². The standard InChI is InChI=1S/C12H15N3O2S.ClH/c13-5-1-4-11(16)14-7-9-8-17-12(15-9)10-3-2-6-18-10;/h2-3,6,8H,1,4-5,7,13H2,(H,14,16);1H. The fourth-order valence-electron chi connectivity index (χ4n) is 1.44. The third-order valence-electron chi connectivity index (χ3n) is 2.36. The number of nitrogens with zero attached hydrogens (tertiary/aromatic N) is 1. The Morgan fingerprint density at radius 2 is 2.37 bits per heavy atom. The molecule has 0 saturated heterocycles. The van der Waals surface area contributed by atoms with E-state index in [1.54, 1.807) is 17.6 Å². The summed E-state index contributed by atoms with van der Waals surface area (Å²) < 4.78 is 5.35. The summed E-state index contributed by atoms with van der Waals surface area (Å²) in [5, 5.41) is 4.74. The van der Waals surface area contributed by atoms with Crippen molar-refractivity contribution in [3.63, 3.8) is 0 Å². The molecule has 1 amide bonds. The number of halogens is 1. The smallest absolute Gasteiger partial charge is 0.236 e. The molecule has 0 bridgehead atoms. The Hall–Kier alpha value is -1.37. The number of nitrogens with two attached hydrogens (primary N) is 1. The zero-order chi connectivity index (χ0) is 12.8. The van der Waals surface area contributed by atoms with E-state index in [0.29, 0.717) is 31.8 Å². The average Bonchev–Trinajstić information content (AvgIpc) is 3.03. The van der Waals surface area contributed by atoms with Crippen LogP contribution in [0.1, 0.15) is 18.5 Å². The van der Waals surface area contributed by atoms with Crippen LogP contribution in [-0.4, -0.2) is 17.4 Å². The molecule has 0 atom stereocenters. The first-order valence-corrected chi connectivity index (χ1v) is 6.62. The number of nitrogens with one attached hydrogen (secondary N) is 1. The molecule has 0 aliphatic rings. The molecule has 2 heterocycles. The molecule has 2 aromatic heterocycles. The minimum Gasteiger partial charge on any atom is -0.443 e. The first kappa shape index (κ1) is 15.7. The van der Waals surface area contributed by atoms with Crippen molar-refractivity contribution in [1.29, 1.82) is 0 Å². The molecule has 5 nitrogen and oxygen atoms in total. The predicted octanol–water partition coefficient (Wildman–Crippen LogP) is 2.18. The van der Waals surface area contributed by atoms with Crippen LogP contribution >= 0.6 is 23.7 Å². The molecule has 0 spiro atoms. The van der Waals surface area contributed by atoms with E-state index in [1.165, 1.54) is 0 Å². The lowest BCUT2D eigenvalue weighted by Gasteiger charge is -2.01. The molecular weight excluding hydrogens is 286 g/mol. The van der Waals surface area contributed by atoms with Crippen LogP contribution in [0.3, 0.4) is 0 Å². The van der Waals surface area contributed by atoms with E-state index in [-0.39, 0.29) is 18.3 Å². The van der Waals surface area contributed by atoms with Gasteiger partial charge in [-0.2, -0.15) is 0 Å². The molecule has 0 radical (unpaired) electrons. The maximum atomic E-state index is 11.4. The SMILES string of the molecule is Cl.NCCCC(=O)NCc1coc(-c2cccs2)n1. The van der Waals surface area contributed by atoms with Gasteiger partial charge in [-0.3, -0.25) is 4.79 Å². The first-order valence-electron chi connectivity index (χ1n) is 5.74. The minimum absolute atomic E-state index is 0. The molecule has 0 fully saturated rings. The van der Waals surface area contributed by atoms with Crippen molar-refractivity contribution in [2.24, 2.45) is 5.73 Å². The van der Waals surface area contributed by atoms with Gasteiger partial charge in [-0.25, -0.2) is 4.98 Å². The Balaban J connectivity index is 0.00000180. The molecular formula is C12H16ClN3O2S. The summed E-state index contributed by atoms with van der Waals surface area (Å²) in [6, 6.07) is 3.89. The summed E-state index contributed by atoms with van der Waals surface area (Å²) in [7, 11) is 0. The van der Waals surface area contributed by atoms with Gasteiger partial charge in [0.15, 0.2) is 0 Å². The van der Waals surface area contributed by atoms with Gasteiger partial charge in [0.25, 0.3) is 0 Å². The summed E-state index contributed by atoms with van der Waals surface area (Å²) in [5.74, 6) is 0.581. The minimum atomic E-state index is -0.0128. The lowest BCUT2D eigenvalue weighted by atomic mass is 10.3. The Morgan fingerprint density at radius 1 is 1.53 bits per heavy atom. The summed E-state index contributed by atoms with van der Waals surface area (Å²) in [6.45, 7) is 0.915. The topological polar surface area (TPSA) is 81.2 Å². The summed E-state index contributed by atoms with van der Waals surface area (Å²) >= 11 is 1.57. The highest BCUT2D eigenvalue weighted by Gasteiger charge is 2.08. The van der Waals surface area contributed by atoms with Crippen molar-refractivity contribution in [3.05, 3.63) is 29.5 Å². The maximum Gasteiger partial charge on any atom is 0.236 e. The van der Waals surface area contributed by atoms with Crippen LogP contribution in [0.2, 0.25) is 0 Å². The van der Waals surface area contributed by atoms with Crippen molar-refractivity contribution in [1.82, 2.24) is 10.3 Å². The lowest BCUT2D eigenvalue weighted by molar-refractivity contribution is -0.121. The molecule has 2 rings (SSSR count). The molecule has 0 aliphatic carbocycles. The molecule has 0 unspecified atom stereocenters. The van der Waals surface area contributed by atoms with Crippen LogP contribution in [0.4, 0.5) is 0 Å². The lowest BCUT2D eigenvalue weighted by Crippen LogP contribution is -2.23. The fraction of sp³-hybridized carbons (Fsp3) is 0.333. The number of carbonyl (C=O) groups is 1. The second-order valence-electron chi connectivity index (χ2n) is 3.79. The highest BCUT2D eigenvalue weighted by Crippen LogP contribution is 2.23. The molecule has 0 saturated carbocycles. The Bertz CT molecular complexity index is 499. The fourth-order valence-corrected chi connectivity index (χ4v) is 2.10. The second-order valence-corrected chi connectivity index (χ2v) is 4.74. The van der Waals surface area contributed by atoms with Crippen molar-refractivity contribution in [2.75, 3.05) is 6.54 Å². The third-order valence-corrected chi connectivity index (χ3v) is 3.22. The van der Waals surface area contributed by atoms with Gasteiger partial charge in [0.2, 0.25) is 11.8 Å². The van der Waals surface area contributed by atoms with E-state index in [9.17, 15) is 4.79 Å². The molecule has 19 heavy (non-hydrogen) atoms. The van der Waals surface area contributed by atoms with Crippen molar-refractivity contribution >= 4 is 29.7 Å². The monoisotopic (exact) mass is 301 g/mol. The van der Waals surface area contributed by atoms with Gasteiger partial charge in [-0.15, -0.1) is 23.7 Å². The van der Waals surface area contributed by atoms with Gasteiger partial charge < -0.3 is 15.5 Å². The molecule has 0 aromatic carbocycles. The quantitative estimate of drug-likeness (QED) is 0.857. The van der Waals surface area contributed by atoms with Crippen molar-refractivity contribution in [3.8, 4) is 10.8 Å². The van der Waals surface area contributed by atoms with Crippen LogP contribution in [0.15, 0.2) is 28.2 Å². The highest BCUT2D eigenvalue weighted by molar-refractivity contribution is 7.13. The van der Waals surface area contributed by atoms with E-state index in [4.69, 9.17) is 10.2 Å². The zero-order valence-electron chi connectivity index (χ0n) is 10.3. The van der Waals surface area contributed by atoms with E-state index in [2.05, 4.69) is 10.3 Å². The largest absolute Gasteiger partial charge is 0.443 e. The number of thiophene rings is 1. The number of aromatic nitrogens is 1. The van der Waals surface area contributed by atoms with Crippen LogP contribution in [0.5, 0.6) is 0 Å².